The van der Waals surface area contributed by atoms with Gasteiger partial charge in [-0.1, -0.05) is 51.7 Å². The monoisotopic (exact) mass is 588 g/mol. The second-order valence-electron chi connectivity index (χ2n) is 18.2. The largest absolute Gasteiger partial charge is 0.505 e. The minimum absolute atomic E-state index is 0.00414. The van der Waals surface area contributed by atoms with Crippen molar-refractivity contribution in [2.45, 2.75) is 116 Å². The molecule has 4 nitrogen and oxygen atoms in total. The van der Waals surface area contributed by atoms with Crippen molar-refractivity contribution in [3.8, 4) is 35.2 Å². The van der Waals surface area contributed by atoms with Crippen molar-refractivity contribution in [1.82, 2.24) is 0 Å². The van der Waals surface area contributed by atoms with Crippen molar-refractivity contribution in [1.29, 1.82) is 0 Å². The molecule has 4 unspecified atom stereocenters. The molecule has 8 fully saturated rings. The molecule has 0 spiro atoms. The molecule has 8 aliphatic carbocycles. The third-order valence-electron chi connectivity index (χ3n) is 13.3. The maximum Gasteiger partial charge on any atom is 0.143 e. The number of benzene rings is 2. The van der Waals surface area contributed by atoms with E-state index >= 15 is 0 Å². The van der Waals surface area contributed by atoms with Crippen LogP contribution in [-0.2, 0) is 10.8 Å². The third kappa shape index (κ3) is 4.12. The van der Waals surface area contributed by atoms with Gasteiger partial charge in [-0.05, 0) is 135 Å². The van der Waals surface area contributed by atoms with Crippen LogP contribution in [0.2, 0.25) is 0 Å². The van der Waals surface area contributed by atoms with E-state index < -0.39 is 0 Å². The van der Waals surface area contributed by atoms with E-state index in [0.717, 1.165) is 61.5 Å². The molecule has 0 amide bonds. The van der Waals surface area contributed by atoms with E-state index in [9.17, 15) is 10.2 Å². The van der Waals surface area contributed by atoms with Crippen LogP contribution in [0.15, 0.2) is 24.3 Å². The first kappa shape index (κ1) is 28.2. The van der Waals surface area contributed by atoms with Gasteiger partial charge in [0.1, 0.15) is 11.5 Å². The van der Waals surface area contributed by atoms with Gasteiger partial charge in [0.15, 0.2) is 0 Å². The Kier molecular flexibility index (Phi) is 5.60. The summed E-state index contributed by atoms with van der Waals surface area (Å²) < 4.78 is 0. The molecule has 0 radical (unpaired) electrons. The highest BCUT2D eigenvalue weighted by Gasteiger charge is 2.62. The smallest absolute Gasteiger partial charge is 0.143 e. The summed E-state index contributed by atoms with van der Waals surface area (Å²) in [5, 5.41) is 22.8. The first-order valence-corrected chi connectivity index (χ1v) is 16.9. The molecule has 230 valence electrons. The topological polar surface area (TPSA) is 92.5 Å². The van der Waals surface area contributed by atoms with Crippen LogP contribution >= 0.6 is 0 Å². The summed E-state index contributed by atoms with van der Waals surface area (Å²) in [6.07, 6.45) is 14.6. The second kappa shape index (κ2) is 8.72. The quantitative estimate of drug-likeness (QED) is 0.162. The average molecular weight is 589 g/mol. The maximum atomic E-state index is 11.4. The molecule has 8 bridgehead atoms. The Morgan fingerprint density at radius 3 is 1.20 bits per heavy atom. The third-order valence-corrected chi connectivity index (χ3v) is 13.3. The second-order valence-corrected chi connectivity index (χ2v) is 18.2. The minimum Gasteiger partial charge on any atom is -0.505 e. The standard InChI is InChI=1S/C40H48N2O2/c1-35-13-25-14-36(2,19-35)22-39(17-25,21-35)29-11-9-27(31(41)33(29)43)7-5-6-8-28-10-12-30(34(44)32(28)42)40-18-26-15-37(3,23-40)20-38(4,16-26)24-40/h9-12,25-26,43-44H,13-24,41-42H2,1-4H3. The molecule has 0 saturated heterocycles. The summed E-state index contributed by atoms with van der Waals surface area (Å²) in [5.41, 5.74) is 18.3. The predicted molar refractivity (Wildman–Crippen MR) is 177 cm³/mol. The van der Waals surface area contributed by atoms with Crippen LogP contribution in [0.5, 0.6) is 11.5 Å². The lowest BCUT2D eigenvalue weighted by molar-refractivity contribution is -0.110. The molecule has 4 heteroatoms. The summed E-state index contributed by atoms with van der Waals surface area (Å²) in [4.78, 5) is 0. The van der Waals surface area contributed by atoms with Gasteiger partial charge < -0.3 is 21.7 Å². The Labute approximate surface area is 263 Å². The zero-order chi connectivity index (χ0) is 30.9. The van der Waals surface area contributed by atoms with E-state index in [2.05, 4.69) is 63.5 Å². The first-order valence-electron chi connectivity index (χ1n) is 16.9. The van der Waals surface area contributed by atoms with Crippen LogP contribution in [-0.4, -0.2) is 10.2 Å². The molecule has 10 rings (SSSR count). The minimum atomic E-state index is 0.00414. The predicted octanol–water partition coefficient (Wildman–Crippen LogP) is 8.16. The number of phenolic OH excluding ortho intramolecular Hbond substituents is 2. The van der Waals surface area contributed by atoms with Crippen molar-refractivity contribution < 1.29 is 10.2 Å². The number of aromatic hydroxyl groups is 2. The fraction of sp³-hybridized carbons (Fsp3) is 0.600. The van der Waals surface area contributed by atoms with Gasteiger partial charge in [0.2, 0.25) is 0 Å². The van der Waals surface area contributed by atoms with Crippen LogP contribution in [0.3, 0.4) is 0 Å². The van der Waals surface area contributed by atoms with Crippen LogP contribution < -0.4 is 11.5 Å². The lowest BCUT2D eigenvalue weighted by Crippen LogP contribution is -2.56. The Hall–Kier alpha value is -3.24. The van der Waals surface area contributed by atoms with Crippen molar-refractivity contribution in [3.63, 3.8) is 0 Å². The normalized spacial score (nSPS) is 42.5. The fourth-order valence-corrected chi connectivity index (χ4v) is 14.0. The summed E-state index contributed by atoms with van der Waals surface area (Å²) in [6, 6.07) is 8.07. The highest BCUT2D eigenvalue weighted by molar-refractivity contribution is 5.70. The zero-order valence-electron chi connectivity index (χ0n) is 27.0. The molecule has 44 heavy (non-hydrogen) atoms. The van der Waals surface area contributed by atoms with E-state index in [1.165, 1.54) is 38.5 Å². The van der Waals surface area contributed by atoms with E-state index in [4.69, 9.17) is 11.5 Å². The van der Waals surface area contributed by atoms with Crippen molar-refractivity contribution in [2.75, 3.05) is 11.5 Å². The maximum absolute atomic E-state index is 11.4. The fourth-order valence-electron chi connectivity index (χ4n) is 14.0. The Bertz CT molecular complexity index is 1570. The zero-order valence-corrected chi connectivity index (χ0v) is 27.0. The van der Waals surface area contributed by atoms with Gasteiger partial charge >= 0.3 is 0 Å². The van der Waals surface area contributed by atoms with Gasteiger partial charge in [-0.3, -0.25) is 0 Å². The van der Waals surface area contributed by atoms with E-state index in [0.29, 0.717) is 44.2 Å². The molecular weight excluding hydrogens is 540 g/mol. The van der Waals surface area contributed by atoms with Gasteiger partial charge in [0.25, 0.3) is 0 Å². The molecule has 0 aliphatic heterocycles. The van der Waals surface area contributed by atoms with Gasteiger partial charge in [-0.15, -0.1) is 0 Å². The van der Waals surface area contributed by atoms with Crippen LogP contribution in [0.4, 0.5) is 11.4 Å². The average Bonchev–Trinajstić information content (AvgIpc) is 2.86. The van der Waals surface area contributed by atoms with Gasteiger partial charge in [0.05, 0.1) is 22.5 Å². The summed E-state index contributed by atoms with van der Waals surface area (Å²) >= 11 is 0. The number of nitrogen functional groups attached to an aromatic ring is 2. The van der Waals surface area contributed by atoms with E-state index in [1.54, 1.807) is 0 Å². The molecule has 8 saturated carbocycles. The Balaban J connectivity index is 1.05. The molecule has 6 N–H and O–H groups in total. The SMILES string of the molecule is CC12CC3CC(C)(C1)CC(c1ccc(C#CC#Cc4ccc(C56CC7CC(C)(CC(C)(C7)C5)C6)c(O)c4N)c(N)c1O)(C3)C2. The summed E-state index contributed by atoms with van der Waals surface area (Å²) in [7, 11) is 0. The van der Waals surface area contributed by atoms with Crippen molar-refractivity contribution in [3.05, 3.63) is 46.5 Å². The van der Waals surface area contributed by atoms with Crippen molar-refractivity contribution in [2.24, 2.45) is 33.5 Å². The van der Waals surface area contributed by atoms with Crippen LogP contribution in [0, 0.1) is 57.2 Å². The lowest BCUT2D eigenvalue weighted by atomic mass is 9.39. The van der Waals surface area contributed by atoms with Crippen molar-refractivity contribution >= 4 is 11.4 Å². The first-order chi connectivity index (χ1) is 20.6. The van der Waals surface area contributed by atoms with E-state index in [1.807, 2.05) is 12.1 Å². The Morgan fingerprint density at radius 2 is 0.886 bits per heavy atom. The molecule has 0 heterocycles. The number of anilines is 2. The van der Waals surface area contributed by atoms with E-state index in [-0.39, 0.29) is 22.3 Å². The molecule has 0 aromatic heterocycles. The molecule has 8 aliphatic rings. The van der Waals surface area contributed by atoms with Gasteiger partial charge in [0, 0.05) is 22.0 Å². The molecular formula is C40H48N2O2. The summed E-state index contributed by atoms with van der Waals surface area (Å²) in [5.74, 6) is 13.9. The lowest BCUT2D eigenvalue weighted by Gasteiger charge is -2.65. The number of hydrogen-bond acceptors (Lipinski definition) is 4. The molecule has 2 aromatic rings. The van der Waals surface area contributed by atoms with Crippen LogP contribution in [0.1, 0.15) is 127 Å². The summed E-state index contributed by atoms with van der Waals surface area (Å²) in [6.45, 7) is 9.81. The highest BCUT2D eigenvalue weighted by Crippen LogP contribution is 2.72. The number of phenols is 2. The van der Waals surface area contributed by atoms with Gasteiger partial charge in [-0.2, -0.15) is 0 Å². The van der Waals surface area contributed by atoms with Crippen LogP contribution in [0.25, 0.3) is 0 Å². The molecule has 4 atom stereocenters. The highest BCUT2D eigenvalue weighted by atomic mass is 16.3. The van der Waals surface area contributed by atoms with Gasteiger partial charge in [-0.25, -0.2) is 0 Å². The number of nitrogens with two attached hydrogens (primary N) is 2. The Morgan fingerprint density at radius 1 is 0.545 bits per heavy atom. The number of rotatable bonds is 2. The molecule has 2 aromatic carbocycles. The number of hydrogen-bond donors (Lipinski definition) is 4.